The maximum Gasteiger partial charge on any atom is 0.423 e. The normalized spacial score (nSPS) is 11.8. The van der Waals surface area contributed by atoms with Crippen LogP contribution in [0.2, 0.25) is 5.02 Å². The van der Waals surface area contributed by atoms with Gasteiger partial charge in [-0.25, -0.2) is 4.98 Å². The number of nitro groups is 1. The second-order valence-corrected chi connectivity index (χ2v) is 7.58. The quantitative estimate of drug-likeness (QED) is 0.289. The van der Waals surface area contributed by atoms with E-state index in [4.69, 9.17) is 16.7 Å². The molecule has 0 saturated heterocycles. The van der Waals surface area contributed by atoms with Gasteiger partial charge in [0, 0.05) is 47.2 Å². The van der Waals surface area contributed by atoms with Crippen molar-refractivity contribution in [3.8, 4) is 16.9 Å². The molecule has 0 amide bonds. The smallest absolute Gasteiger partial charge is 0.423 e. The highest BCUT2D eigenvalue weighted by atomic mass is 35.5. The van der Waals surface area contributed by atoms with Crippen LogP contribution in [0.3, 0.4) is 0 Å². The first kappa shape index (κ1) is 22.3. The minimum absolute atomic E-state index is 0.0676. The molecule has 12 heteroatoms. The Labute approximate surface area is 188 Å². The number of rotatable bonds is 6. The molecule has 0 unspecified atom stereocenters. The molecule has 1 N–H and O–H groups in total. The Hall–Kier alpha value is -3.86. The third-order valence-corrected chi connectivity index (χ3v) is 5.36. The first-order chi connectivity index (χ1) is 15.5. The van der Waals surface area contributed by atoms with Crippen LogP contribution in [0.25, 0.3) is 27.8 Å². The minimum atomic E-state index is -4.89. The fourth-order valence-electron chi connectivity index (χ4n) is 3.50. The average molecular weight is 479 g/mol. The summed E-state index contributed by atoms with van der Waals surface area (Å²) in [6, 6.07) is 7.96. The van der Waals surface area contributed by atoms with Gasteiger partial charge in [0.25, 0.3) is 5.69 Å². The predicted molar refractivity (Wildman–Crippen MR) is 113 cm³/mol. The molecule has 8 nitrogen and oxygen atoms in total. The first-order valence-corrected chi connectivity index (χ1v) is 9.83. The molecule has 0 fully saturated rings. The molecular formula is C21H14ClF3N4O4. The van der Waals surface area contributed by atoms with Gasteiger partial charge in [0.05, 0.1) is 28.4 Å². The summed E-state index contributed by atoms with van der Waals surface area (Å²) in [4.78, 5) is 24.9. The third kappa shape index (κ3) is 4.40. The number of hydrogen-bond acceptors (Lipinski definition) is 4. The summed E-state index contributed by atoms with van der Waals surface area (Å²) >= 11 is 6.30. The summed E-state index contributed by atoms with van der Waals surface area (Å²) in [5.74, 6) is -0.935. The topological polar surface area (TPSA) is 103 Å². The molecule has 0 radical (unpaired) electrons. The predicted octanol–water partition coefficient (Wildman–Crippen LogP) is 5.55. The summed E-state index contributed by atoms with van der Waals surface area (Å²) in [5.41, 5.74) is -0.757. The van der Waals surface area contributed by atoms with Gasteiger partial charge in [0.1, 0.15) is 5.56 Å². The Balaban J connectivity index is 1.69. The molecule has 2 aromatic carbocycles. The highest BCUT2D eigenvalue weighted by molar-refractivity contribution is 6.35. The van der Waals surface area contributed by atoms with Crippen LogP contribution in [0, 0.1) is 10.1 Å². The molecule has 4 rings (SSSR count). The summed E-state index contributed by atoms with van der Waals surface area (Å²) in [6.45, 7) is 0.245. The van der Waals surface area contributed by atoms with Gasteiger partial charge in [0.2, 0.25) is 0 Å². The standard InChI is InChI=1S/C21H14ClF3N4O4/c22-16-9-27(6-5-20(30)31)18-4-2-13(8-14(16)18)28-10-17(26-11-28)12-1-3-19(29(32)33)15(7-12)21(23,24)25/h1-4,7-11H,5-6H2,(H,30,31). The van der Waals surface area contributed by atoms with E-state index in [1.54, 1.807) is 33.5 Å². The maximum atomic E-state index is 13.3. The number of halogens is 4. The third-order valence-electron chi connectivity index (χ3n) is 5.06. The second-order valence-electron chi connectivity index (χ2n) is 7.17. The molecule has 0 saturated carbocycles. The van der Waals surface area contributed by atoms with Crippen LogP contribution in [0.1, 0.15) is 12.0 Å². The molecule has 0 aliphatic carbocycles. The Bertz CT molecular complexity index is 1390. The lowest BCUT2D eigenvalue weighted by molar-refractivity contribution is -0.388. The van der Waals surface area contributed by atoms with Gasteiger partial charge in [0.15, 0.2) is 0 Å². The number of aliphatic carboxylic acids is 1. The van der Waals surface area contributed by atoms with Gasteiger partial charge in [-0.2, -0.15) is 13.2 Å². The number of aromatic nitrogens is 3. The summed E-state index contributed by atoms with van der Waals surface area (Å²) < 4.78 is 43.2. The molecule has 33 heavy (non-hydrogen) atoms. The number of fused-ring (bicyclic) bond motifs is 1. The molecular weight excluding hydrogens is 465 g/mol. The molecule has 0 aliphatic rings. The Morgan fingerprint density at radius 1 is 1.18 bits per heavy atom. The molecule has 4 aromatic rings. The minimum Gasteiger partial charge on any atom is -0.481 e. The summed E-state index contributed by atoms with van der Waals surface area (Å²) in [6.07, 6.45) is -0.426. The van der Waals surface area contributed by atoms with Crippen LogP contribution >= 0.6 is 11.6 Å². The van der Waals surface area contributed by atoms with Crippen molar-refractivity contribution in [1.82, 2.24) is 14.1 Å². The fourth-order valence-corrected chi connectivity index (χ4v) is 3.77. The Morgan fingerprint density at radius 3 is 2.61 bits per heavy atom. The fraction of sp³-hybridized carbons (Fsp3) is 0.143. The number of benzene rings is 2. The Morgan fingerprint density at radius 2 is 1.94 bits per heavy atom. The maximum absolute atomic E-state index is 13.3. The number of aryl methyl sites for hydroxylation is 1. The number of alkyl halides is 3. The van der Waals surface area contributed by atoms with E-state index in [1.165, 1.54) is 18.6 Å². The van der Waals surface area contributed by atoms with Crippen LogP contribution in [0.5, 0.6) is 0 Å². The number of carboxylic acids is 1. The first-order valence-electron chi connectivity index (χ1n) is 9.45. The lowest BCUT2D eigenvalue weighted by Crippen LogP contribution is -2.09. The van der Waals surface area contributed by atoms with Crippen molar-refractivity contribution in [1.29, 1.82) is 0 Å². The molecule has 0 spiro atoms. The number of imidazole rings is 1. The molecule has 0 aliphatic heterocycles. The summed E-state index contributed by atoms with van der Waals surface area (Å²) in [5, 5.41) is 20.9. The van der Waals surface area contributed by atoms with E-state index >= 15 is 0 Å². The van der Waals surface area contributed by atoms with Crippen molar-refractivity contribution in [2.75, 3.05) is 0 Å². The number of nitro benzene ring substituents is 1. The Kier molecular flexibility index (Phi) is 5.58. The monoisotopic (exact) mass is 478 g/mol. The van der Waals surface area contributed by atoms with Crippen molar-refractivity contribution >= 4 is 34.2 Å². The van der Waals surface area contributed by atoms with Crippen molar-refractivity contribution in [3.63, 3.8) is 0 Å². The van der Waals surface area contributed by atoms with Crippen LogP contribution in [-0.2, 0) is 17.5 Å². The van der Waals surface area contributed by atoms with Crippen molar-refractivity contribution in [3.05, 3.63) is 75.8 Å². The van der Waals surface area contributed by atoms with Crippen molar-refractivity contribution < 1.29 is 28.0 Å². The molecule has 0 bridgehead atoms. The van der Waals surface area contributed by atoms with Crippen LogP contribution in [-0.4, -0.2) is 30.1 Å². The van der Waals surface area contributed by atoms with E-state index < -0.39 is 28.3 Å². The highest BCUT2D eigenvalue weighted by Gasteiger charge is 2.38. The zero-order valence-corrected chi connectivity index (χ0v) is 17.3. The number of nitrogens with zero attached hydrogens (tertiary/aromatic N) is 4. The van der Waals surface area contributed by atoms with E-state index in [1.807, 2.05) is 0 Å². The lowest BCUT2D eigenvalue weighted by atomic mass is 10.1. The van der Waals surface area contributed by atoms with Crippen molar-refractivity contribution in [2.45, 2.75) is 19.1 Å². The number of carbonyl (C=O) groups is 1. The molecule has 170 valence electrons. The highest BCUT2D eigenvalue weighted by Crippen LogP contribution is 2.38. The van der Waals surface area contributed by atoms with Gasteiger partial charge in [-0.3, -0.25) is 14.9 Å². The lowest BCUT2D eigenvalue weighted by Gasteiger charge is -2.08. The van der Waals surface area contributed by atoms with E-state index in [9.17, 15) is 28.1 Å². The van der Waals surface area contributed by atoms with Gasteiger partial charge >= 0.3 is 12.1 Å². The number of carboxylic acid groups (broad SMARTS) is 1. The average Bonchev–Trinajstić information content (AvgIpc) is 3.36. The zero-order valence-electron chi connectivity index (χ0n) is 16.6. The van der Waals surface area contributed by atoms with Crippen molar-refractivity contribution in [2.24, 2.45) is 0 Å². The SMILES string of the molecule is O=C(O)CCn1cc(Cl)c2cc(-n3cnc(-c4ccc([N+](=O)[O-])c(C(F)(F)F)c4)c3)ccc21. The zero-order chi connectivity index (χ0) is 23.9. The molecule has 2 heterocycles. The largest absolute Gasteiger partial charge is 0.481 e. The molecule has 0 atom stereocenters. The van der Waals surface area contributed by atoms with E-state index in [2.05, 4.69) is 4.98 Å². The van der Waals surface area contributed by atoms with Gasteiger partial charge in [-0.15, -0.1) is 0 Å². The molecule has 2 aromatic heterocycles. The number of hydrogen-bond donors (Lipinski definition) is 1. The van der Waals surface area contributed by atoms with E-state index in [0.717, 1.165) is 11.6 Å². The van der Waals surface area contributed by atoms with Gasteiger partial charge < -0.3 is 14.2 Å². The van der Waals surface area contributed by atoms with Crippen LogP contribution in [0.15, 0.2) is 55.1 Å². The van der Waals surface area contributed by atoms with Crippen LogP contribution < -0.4 is 0 Å². The van der Waals surface area contributed by atoms with E-state index in [-0.39, 0.29) is 24.2 Å². The van der Waals surface area contributed by atoms with E-state index in [0.29, 0.717) is 22.2 Å². The van der Waals surface area contributed by atoms with Gasteiger partial charge in [-0.05, 0) is 30.3 Å². The van der Waals surface area contributed by atoms with Gasteiger partial charge in [-0.1, -0.05) is 11.6 Å². The second kappa shape index (κ2) is 8.24. The summed E-state index contributed by atoms with van der Waals surface area (Å²) in [7, 11) is 0. The van der Waals surface area contributed by atoms with Crippen LogP contribution in [0.4, 0.5) is 18.9 Å².